The van der Waals surface area contributed by atoms with E-state index in [-0.39, 0.29) is 0 Å². The van der Waals surface area contributed by atoms with E-state index in [2.05, 4.69) is 10.2 Å². The Bertz CT molecular complexity index is 724. The molecule has 1 aliphatic rings. The molecular weight excluding hydrogens is 340 g/mol. The normalized spacial score (nSPS) is 14.3. The van der Waals surface area contributed by atoms with E-state index in [9.17, 15) is 4.21 Å². The lowest BCUT2D eigenvalue weighted by Crippen LogP contribution is -2.15. The summed E-state index contributed by atoms with van der Waals surface area (Å²) in [6.07, 6.45) is 0. The Hall–Kier alpha value is -1.86. The molecule has 0 N–H and O–H groups in total. The first-order valence-corrected chi connectivity index (χ1v) is 8.82. The van der Waals surface area contributed by atoms with E-state index < -0.39 is 10.8 Å². The van der Waals surface area contributed by atoms with Crippen LogP contribution in [-0.4, -0.2) is 34.7 Å². The minimum Gasteiger partial charge on any atom is -0.486 e. The largest absolute Gasteiger partial charge is 0.486 e. The molecule has 0 spiro atoms. The van der Waals surface area contributed by atoms with Crippen molar-refractivity contribution >= 4 is 22.4 Å². The molecule has 2 aromatic rings. The number of rotatable bonds is 5. The van der Waals surface area contributed by atoms with E-state index in [4.69, 9.17) is 25.8 Å². The fraction of sp³-hybridized carbons (Fsp3) is 0.333. The van der Waals surface area contributed by atoms with Crippen molar-refractivity contribution < 1.29 is 18.4 Å². The molecule has 23 heavy (non-hydrogen) atoms. The molecule has 1 atom stereocenters. The van der Waals surface area contributed by atoms with Gasteiger partial charge < -0.3 is 14.2 Å². The Morgan fingerprint density at radius 3 is 2.57 bits per heavy atom. The first-order chi connectivity index (χ1) is 11.2. The van der Waals surface area contributed by atoms with Crippen LogP contribution in [0.15, 0.2) is 24.3 Å². The van der Waals surface area contributed by atoms with Crippen molar-refractivity contribution in [3.63, 3.8) is 0 Å². The maximum Gasteiger partial charge on any atom is 0.233 e. The van der Waals surface area contributed by atoms with Crippen molar-refractivity contribution in [2.75, 3.05) is 20.3 Å². The first-order valence-electron chi connectivity index (χ1n) is 6.95. The van der Waals surface area contributed by atoms with E-state index in [0.717, 1.165) is 5.56 Å². The molecule has 0 radical (unpaired) electrons. The summed E-state index contributed by atoms with van der Waals surface area (Å²) >= 11 is 6.23. The van der Waals surface area contributed by atoms with Gasteiger partial charge in [-0.25, -0.2) is 0 Å². The molecule has 0 saturated carbocycles. The van der Waals surface area contributed by atoms with E-state index >= 15 is 0 Å². The molecule has 0 fully saturated rings. The van der Waals surface area contributed by atoms with Crippen LogP contribution in [0.5, 0.6) is 17.4 Å². The van der Waals surface area contributed by atoms with Crippen LogP contribution in [0.4, 0.5) is 0 Å². The van der Waals surface area contributed by atoms with Gasteiger partial charge in [-0.1, -0.05) is 11.6 Å². The number of ether oxygens (including phenoxy) is 3. The summed E-state index contributed by atoms with van der Waals surface area (Å²) in [4.78, 5) is 0. The van der Waals surface area contributed by atoms with Gasteiger partial charge in [0.05, 0.1) is 24.3 Å². The quantitative estimate of drug-likeness (QED) is 0.821. The second-order valence-electron chi connectivity index (χ2n) is 4.88. The zero-order valence-corrected chi connectivity index (χ0v) is 14.0. The zero-order chi connectivity index (χ0) is 16.2. The Morgan fingerprint density at radius 2 is 1.91 bits per heavy atom. The summed E-state index contributed by atoms with van der Waals surface area (Å²) in [5, 5.41) is 8.36. The molecule has 1 aliphatic heterocycles. The zero-order valence-electron chi connectivity index (χ0n) is 12.5. The Labute approximate surface area is 141 Å². The molecule has 6 nitrogen and oxygen atoms in total. The van der Waals surface area contributed by atoms with E-state index in [1.807, 2.05) is 0 Å². The highest BCUT2D eigenvalue weighted by Crippen LogP contribution is 2.35. The van der Waals surface area contributed by atoms with Crippen LogP contribution in [0, 0.1) is 0 Å². The predicted molar refractivity (Wildman–Crippen MR) is 86.6 cm³/mol. The second kappa shape index (κ2) is 7.14. The lowest BCUT2D eigenvalue weighted by Gasteiger charge is -2.19. The molecule has 1 aromatic carbocycles. The number of nitrogens with zero attached hydrogens (tertiary/aromatic N) is 2. The third-order valence-corrected chi connectivity index (χ3v) is 4.84. The number of methoxy groups -OCH3 is 1. The molecule has 0 saturated heterocycles. The summed E-state index contributed by atoms with van der Waals surface area (Å²) in [5.41, 5.74) is 1.40. The SMILES string of the molecule is COc1ccc(CS(=O)Cc2cc3c(cc2Cl)OCCO3)nn1. The van der Waals surface area contributed by atoms with Gasteiger partial charge in [-0.15, -0.1) is 5.10 Å². The van der Waals surface area contributed by atoms with Crippen LogP contribution in [0.2, 0.25) is 5.02 Å². The Balaban J connectivity index is 1.69. The fourth-order valence-electron chi connectivity index (χ4n) is 2.14. The van der Waals surface area contributed by atoms with Crippen molar-refractivity contribution in [3.05, 3.63) is 40.5 Å². The van der Waals surface area contributed by atoms with E-state index in [0.29, 0.717) is 52.8 Å². The standard InChI is InChI=1S/C15H15ClN2O4S/c1-20-15-3-2-11(17-18-15)9-23(19)8-10-6-13-14(7-12(10)16)22-5-4-21-13/h2-3,6-7H,4-5,8-9H2,1H3. The number of fused-ring (bicyclic) bond motifs is 1. The van der Waals surface area contributed by atoms with Crippen molar-refractivity contribution in [2.45, 2.75) is 11.5 Å². The van der Waals surface area contributed by atoms with Crippen LogP contribution < -0.4 is 14.2 Å². The third kappa shape index (κ3) is 3.92. The number of halogens is 1. The van der Waals surface area contributed by atoms with Crippen LogP contribution >= 0.6 is 11.6 Å². The molecule has 0 bridgehead atoms. The molecule has 0 aliphatic carbocycles. The monoisotopic (exact) mass is 354 g/mol. The molecule has 2 heterocycles. The van der Waals surface area contributed by atoms with Gasteiger partial charge in [-0.2, -0.15) is 5.10 Å². The summed E-state index contributed by atoms with van der Waals surface area (Å²) in [6.45, 7) is 1.00. The fourth-order valence-corrected chi connectivity index (χ4v) is 3.61. The molecule has 122 valence electrons. The van der Waals surface area contributed by atoms with Gasteiger partial charge in [0.15, 0.2) is 11.5 Å². The van der Waals surface area contributed by atoms with Gasteiger partial charge in [0, 0.05) is 28.0 Å². The molecule has 3 rings (SSSR count). The van der Waals surface area contributed by atoms with Crippen molar-refractivity contribution in [2.24, 2.45) is 0 Å². The highest BCUT2D eigenvalue weighted by Gasteiger charge is 2.16. The van der Waals surface area contributed by atoms with Crippen molar-refractivity contribution in [1.29, 1.82) is 0 Å². The van der Waals surface area contributed by atoms with Crippen molar-refractivity contribution in [3.8, 4) is 17.4 Å². The molecule has 1 unspecified atom stereocenters. The third-order valence-electron chi connectivity index (χ3n) is 3.24. The van der Waals surface area contributed by atoms with Crippen LogP contribution in [0.25, 0.3) is 0 Å². The van der Waals surface area contributed by atoms with Crippen LogP contribution in [0.3, 0.4) is 0 Å². The smallest absolute Gasteiger partial charge is 0.233 e. The van der Waals surface area contributed by atoms with Gasteiger partial charge in [-0.3, -0.25) is 4.21 Å². The Morgan fingerprint density at radius 1 is 1.17 bits per heavy atom. The average Bonchev–Trinajstić information content (AvgIpc) is 2.56. The molecule has 0 amide bonds. The van der Waals surface area contributed by atoms with E-state index in [1.54, 1.807) is 24.3 Å². The lowest BCUT2D eigenvalue weighted by molar-refractivity contribution is 0.171. The number of hydrogen-bond acceptors (Lipinski definition) is 6. The first kappa shape index (κ1) is 16.0. The summed E-state index contributed by atoms with van der Waals surface area (Å²) in [5.74, 6) is 2.29. The lowest BCUT2D eigenvalue weighted by atomic mass is 10.2. The molecule has 1 aromatic heterocycles. The number of benzene rings is 1. The molecular formula is C15H15ClN2O4S. The maximum atomic E-state index is 12.3. The van der Waals surface area contributed by atoms with Gasteiger partial charge in [0.25, 0.3) is 0 Å². The Kier molecular flexibility index (Phi) is 4.97. The van der Waals surface area contributed by atoms with Crippen LogP contribution in [-0.2, 0) is 22.3 Å². The molecule has 8 heteroatoms. The summed E-state index contributed by atoms with van der Waals surface area (Å²) < 4.78 is 28.3. The van der Waals surface area contributed by atoms with Gasteiger partial charge in [0.2, 0.25) is 5.88 Å². The summed E-state index contributed by atoms with van der Waals surface area (Å²) in [6, 6.07) is 6.93. The van der Waals surface area contributed by atoms with Crippen LogP contribution in [0.1, 0.15) is 11.3 Å². The average molecular weight is 355 g/mol. The number of aromatic nitrogens is 2. The predicted octanol–water partition coefficient (Wildman–Crippen LogP) is 2.36. The second-order valence-corrected chi connectivity index (χ2v) is 6.75. The minimum absolute atomic E-state index is 0.293. The minimum atomic E-state index is -1.17. The maximum absolute atomic E-state index is 12.3. The topological polar surface area (TPSA) is 70.5 Å². The highest BCUT2D eigenvalue weighted by atomic mass is 35.5. The highest BCUT2D eigenvalue weighted by molar-refractivity contribution is 7.83. The van der Waals surface area contributed by atoms with Gasteiger partial charge in [0.1, 0.15) is 13.2 Å². The van der Waals surface area contributed by atoms with Gasteiger partial charge in [-0.05, 0) is 17.7 Å². The van der Waals surface area contributed by atoms with E-state index in [1.165, 1.54) is 7.11 Å². The van der Waals surface area contributed by atoms with Gasteiger partial charge >= 0.3 is 0 Å². The summed E-state index contributed by atoms with van der Waals surface area (Å²) in [7, 11) is 0.354. The number of hydrogen-bond donors (Lipinski definition) is 0. The van der Waals surface area contributed by atoms with Crippen molar-refractivity contribution in [1.82, 2.24) is 10.2 Å².